The lowest BCUT2D eigenvalue weighted by molar-refractivity contribution is 0.840. The van der Waals surface area contributed by atoms with Crippen LogP contribution in [0.1, 0.15) is 17.5 Å². The van der Waals surface area contributed by atoms with E-state index in [1.807, 2.05) is 30.3 Å². The van der Waals surface area contributed by atoms with E-state index in [-0.39, 0.29) is 5.92 Å². The van der Waals surface area contributed by atoms with Crippen LogP contribution >= 0.6 is 0 Å². The zero-order chi connectivity index (χ0) is 36.2. The molecule has 0 bridgehead atoms. The molecule has 1 atom stereocenters. The number of nitriles is 2. The molecule has 0 fully saturated rings. The van der Waals surface area contributed by atoms with Crippen molar-refractivity contribution in [3.8, 4) is 45.8 Å². The molecule has 7 aromatic carbocycles. The van der Waals surface area contributed by atoms with Gasteiger partial charge in [-0.05, 0) is 113 Å². The summed E-state index contributed by atoms with van der Waals surface area (Å²) in [5.74, 6) is -0.111. The summed E-state index contributed by atoms with van der Waals surface area (Å²) in [5, 5.41) is 23.9. The van der Waals surface area contributed by atoms with Crippen LogP contribution in [-0.4, -0.2) is 9.13 Å². The van der Waals surface area contributed by atoms with Gasteiger partial charge in [0.05, 0.1) is 45.7 Å². The summed E-state index contributed by atoms with van der Waals surface area (Å²) >= 11 is 0. The highest BCUT2D eigenvalue weighted by molar-refractivity contribution is 6.12. The minimum atomic E-state index is -0.111. The summed E-state index contributed by atoms with van der Waals surface area (Å²) in [6.07, 6.45) is 6.94. The Hall–Kier alpha value is -7.40. The third-order valence-electron chi connectivity index (χ3n) is 10.8. The Bertz CT molecular complexity index is 3090. The Balaban J connectivity index is 1.18. The Morgan fingerprint density at radius 3 is 1.80 bits per heavy atom. The van der Waals surface area contributed by atoms with Crippen molar-refractivity contribution in [2.75, 3.05) is 0 Å². The van der Waals surface area contributed by atoms with Gasteiger partial charge in [-0.3, -0.25) is 0 Å². The van der Waals surface area contributed by atoms with Crippen molar-refractivity contribution in [2.45, 2.75) is 6.42 Å². The van der Waals surface area contributed by atoms with Gasteiger partial charge in [-0.1, -0.05) is 103 Å². The average molecular weight is 689 g/mol. The Kier molecular flexibility index (Phi) is 7.36. The topological polar surface area (TPSA) is 57.4 Å². The Labute approximate surface area is 313 Å². The summed E-state index contributed by atoms with van der Waals surface area (Å²) in [6, 6.07) is 60.7. The van der Waals surface area contributed by atoms with E-state index in [1.165, 1.54) is 32.6 Å². The summed E-state index contributed by atoms with van der Waals surface area (Å²) < 4.78 is 4.74. The van der Waals surface area contributed by atoms with Gasteiger partial charge in [0.2, 0.25) is 0 Å². The standard InChI is InChI=1S/C50H32N4/c51-31-33-14-18-35(19-15-33)39-26-40(36-20-16-34(32-52)17-21-36)28-42(27-39)54-47-12-6-4-10-43(47)45-24-22-38(30-50(45)54)37-23-25-49-46(29-37)44-11-5-7-13-48(44)53(49)41-8-2-1-3-9-41/h1-16,18-30,34H,17H2. The van der Waals surface area contributed by atoms with Crippen molar-refractivity contribution in [1.29, 1.82) is 10.5 Å². The zero-order valence-electron chi connectivity index (χ0n) is 29.3. The van der Waals surface area contributed by atoms with Gasteiger partial charge in [0, 0.05) is 32.9 Å². The second-order valence-electron chi connectivity index (χ2n) is 14.0. The fourth-order valence-corrected chi connectivity index (χ4v) is 8.18. The lowest BCUT2D eigenvalue weighted by atomic mass is 9.91. The number of fused-ring (bicyclic) bond motifs is 6. The van der Waals surface area contributed by atoms with E-state index in [4.69, 9.17) is 0 Å². The van der Waals surface area contributed by atoms with Crippen LogP contribution in [0, 0.1) is 28.6 Å². The van der Waals surface area contributed by atoms with E-state index in [0.29, 0.717) is 12.0 Å². The number of allylic oxidation sites excluding steroid dienone is 4. The SMILES string of the molecule is N#Cc1ccc(-c2cc(C3=CCC(C#N)C=C3)cc(-n3c4ccccc4c4ccc(-c5ccc6c(c5)c5ccccc5n6-c5ccccc5)cc43)c2)cc1. The molecule has 0 amide bonds. The lowest BCUT2D eigenvalue weighted by Crippen LogP contribution is -1.99. The van der Waals surface area contributed by atoms with Crippen LogP contribution in [0.15, 0.2) is 176 Å². The smallest absolute Gasteiger partial charge is 0.0991 e. The third kappa shape index (κ3) is 5.13. The molecule has 1 aliphatic carbocycles. The Morgan fingerprint density at radius 2 is 1.07 bits per heavy atom. The highest BCUT2D eigenvalue weighted by Gasteiger charge is 2.18. The van der Waals surface area contributed by atoms with Gasteiger partial charge in [0.1, 0.15) is 0 Å². The number of nitrogens with zero attached hydrogens (tertiary/aromatic N) is 4. The van der Waals surface area contributed by atoms with Crippen LogP contribution in [0.5, 0.6) is 0 Å². The largest absolute Gasteiger partial charge is 0.309 e. The normalized spacial score (nSPS) is 14.0. The van der Waals surface area contributed by atoms with Gasteiger partial charge in [-0.2, -0.15) is 10.5 Å². The van der Waals surface area contributed by atoms with Gasteiger partial charge in [0.25, 0.3) is 0 Å². The molecule has 9 aromatic rings. The van der Waals surface area contributed by atoms with Gasteiger partial charge in [-0.15, -0.1) is 0 Å². The molecule has 252 valence electrons. The van der Waals surface area contributed by atoms with Crippen LogP contribution in [0.3, 0.4) is 0 Å². The van der Waals surface area contributed by atoms with Gasteiger partial charge in [0.15, 0.2) is 0 Å². The number of rotatable bonds is 5. The Morgan fingerprint density at radius 1 is 0.463 bits per heavy atom. The molecular weight excluding hydrogens is 657 g/mol. The number of hydrogen-bond acceptors (Lipinski definition) is 2. The van der Waals surface area contributed by atoms with Crippen molar-refractivity contribution >= 4 is 49.2 Å². The summed E-state index contributed by atoms with van der Waals surface area (Å²) in [7, 11) is 0. The van der Waals surface area contributed by atoms with Crippen molar-refractivity contribution in [3.63, 3.8) is 0 Å². The molecule has 2 aromatic heterocycles. The van der Waals surface area contributed by atoms with Gasteiger partial charge in [-0.25, -0.2) is 0 Å². The van der Waals surface area contributed by atoms with Crippen molar-refractivity contribution in [3.05, 3.63) is 187 Å². The molecule has 1 unspecified atom stereocenters. The maximum absolute atomic E-state index is 9.55. The van der Waals surface area contributed by atoms with Crippen molar-refractivity contribution in [2.24, 2.45) is 5.92 Å². The molecule has 10 rings (SSSR count). The molecule has 54 heavy (non-hydrogen) atoms. The maximum Gasteiger partial charge on any atom is 0.0991 e. The number of benzene rings is 7. The highest BCUT2D eigenvalue weighted by atomic mass is 15.0. The number of para-hydroxylation sites is 3. The summed E-state index contributed by atoms with van der Waals surface area (Å²) in [5.41, 5.74) is 14.1. The van der Waals surface area contributed by atoms with E-state index < -0.39 is 0 Å². The summed E-state index contributed by atoms with van der Waals surface area (Å²) in [4.78, 5) is 0. The first-order valence-electron chi connectivity index (χ1n) is 18.2. The van der Waals surface area contributed by atoms with Gasteiger partial charge >= 0.3 is 0 Å². The van der Waals surface area contributed by atoms with Crippen molar-refractivity contribution < 1.29 is 0 Å². The second-order valence-corrected chi connectivity index (χ2v) is 14.0. The maximum atomic E-state index is 9.55. The number of hydrogen-bond donors (Lipinski definition) is 0. The average Bonchev–Trinajstić information content (AvgIpc) is 3.76. The molecule has 0 aliphatic heterocycles. The van der Waals surface area contributed by atoms with Crippen LogP contribution in [0.2, 0.25) is 0 Å². The van der Waals surface area contributed by atoms with Crippen LogP contribution < -0.4 is 0 Å². The predicted octanol–water partition coefficient (Wildman–Crippen LogP) is 12.6. The molecule has 4 heteroatoms. The van der Waals surface area contributed by atoms with E-state index in [9.17, 15) is 10.5 Å². The molecule has 2 heterocycles. The minimum Gasteiger partial charge on any atom is -0.309 e. The first-order chi connectivity index (χ1) is 26.7. The molecule has 0 radical (unpaired) electrons. The second kappa shape index (κ2) is 12.7. The zero-order valence-corrected chi connectivity index (χ0v) is 29.3. The molecule has 0 N–H and O–H groups in total. The predicted molar refractivity (Wildman–Crippen MR) is 222 cm³/mol. The third-order valence-corrected chi connectivity index (χ3v) is 10.8. The molecule has 4 nitrogen and oxygen atoms in total. The molecular formula is C50H32N4. The van der Waals surface area contributed by atoms with E-state index in [2.05, 4.69) is 167 Å². The first kappa shape index (κ1) is 31.3. The monoisotopic (exact) mass is 688 g/mol. The summed E-state index contributed by atoms with van der Waals surface area (Å²) in [6.45, 7) is 0. The van der Waals surface area contributed by atoms with Crippen LogP contribution in [0.25, 0.3) is 82.8 Å². The van der Waals surface area contributed by atoms with E-state index in [1.54, 1.807) is 0 Å². The first-order valence-corrected chi connectivity index (χ1v) is 18.2. The molecule has 0 saturated heterocycles. The van der Waals surface area contributed by atoms with Crippen LogP contribution in [0.4, 0.5) is 0 Å². The van der Waals surface area contributed by atoms with Gasteiger partial charge < -0.3 is 9.13 Å². The molecule has 0 spiro atoms. The fraction of sp³-hybridized carbons (Fsp3) is 0.0400. The fourth-order valence-electron chi connectivity index (χ4n) is 8.18. The number of aromatic nitrogens is 2. The van der Waals surface area contributed by atoms with Crippen LogP contribution in [-0.2, 0) is 0 Å². The van der Waals surface area contributed by atoms with Crippen molar-refractivity contribution in [1.82, 2.24) is 9.13 Å². The lowest BCUT2D eigenvalue weighted by Gasteiger charge is -2.16. The quantitative estimate of drug-likeness (QED) is 0.181. The molecule has 1 aliphatic rings. The highest BCUT2D eigenvalue weighted by Crippen LogP contribution is 2.40. The van der Waals surface area contributed by atoms with E-state index in [0.717, 1.165) is 55.8 Å². The van der Waals surface area contributed by atoms with E-state index >= 15 is 0 Å². The molecule has 0 saturated carbocycles. The minimum absolute atomic E-state index is 0.111.